The molecule has 0 atom stereocenters. The van der Waals surface area contributed by atoms with Crippen LogP contribution in [-0.4, -0.2) is 22.9 Å². The molecular formula is C20H16Cl2FNO3. The highest BCUT2D eigenvalue weighted by Gasteiger charge is 2.24. The third-order valence-corrected chi connectivity index (χ3v) is 4.78. The summed E-state index contributed by atoms with van der Waals surface area (Å²) in [4.78, 5) is 24.5. The number of carbonyl (C=O) groups excluding carboxylic acids is 2. The second-order valence-corrected chi connectivity index (χ2v) is 6.92. The molecule has 7 heteroatoms. The van der Waals surface area contributed by atoms with Gasteiger partial charge in [-0.15, -0.1) is 0 Å². The lowest BCUT2D eigenvalue weighted by molar-refractivity contribution is -0.137. The van der Waals surface area contributed by atoms with E-state index in [1.54, 1.807) is 42.8 Å². The normalized spacial score (nSPS) is 11.0. The van der Waals surface area contributed by atoms with E-state index in [1.807, 2.05) is 0 Å². The molecule has 0 N–H and O–H groups in total. The predicted molar refractivity (Wildman–Crippen MR) is 103 cm³/mol. The van der Waals surface area contributed by atoms with Gasteiger partial charge in [0.25, 0.3) is 5.78 Å². The molecule has 0 unspecified atom stereocenters. The van der Waals surface area contributed by atoms with E-state index in [1.165, 1.54) is 6.07 Å². The zero-order chi connectivity index (χ0) is 19.7. The molecule has 0 fully saturated rings. The van der Waals surface area contributed by atoms with Crippen LogP contribution in [0.15, 0.2) is 36.5 Å². The van der Waals surface area contributed by atoms with Crippen molar-refractivity contribution >= 4 is 45.9 Å². The predicted octanol–water partition coefficient (Wildman–Crippen LogP) is 5.19. The van der Waals surface area contributed by atoms with Gasteiger partial charge in [-0.2, -0.15) is 0 Å². The Hall–Kier alpha value is -2.37. The molecule has 0 aliphatic carbocycles. The van der Waals surface area contributed by atoms with Crippen molar-refractivity contribution in [1.82, 2.24) is 4.57 Å². The van der Waals surface area contributed by atoms with Crippen molar-refractivity contribution in [2.75, 3.05) is 6.61 Å². The largest absolute Gasteiger partial charge is 0.460 e. The minimum absolute atomic E-state index is 0.0402. The number of hydrogen-bond acceptors (Lipinski definition) is 3. The number of Topliss-reactive ketones (excluding diaryl/α,β-unsaturated/α-hetero) is 1. The van der Waals surface area contributed by atoms with Crippen LogP contribution < -0.4 is 0 Å². The summed E-state index contributed by atoms with van der Waals surface area (Å²) in [6, 6.07) is 7.52. The van der Waals surface area contributed by atoms with Gasteiger partial charge in [-0.3, -0.25) is 4.79 Å². The van der Waals surface area contributed by atoms with Gasteiger partial charge in [0.05, 0.1) is 17.7 Å². The van der Waals surface area contributed by atoms with E-state index < -0.39 is 17.6 Å². The van der Waals surface area contributed by atoms with Gasteiger partial charge in [0.1, 0.15) is 5.82 Å². The minimum Gasteiger partial charge on any atom is -0.460 e. The molecule has 0 saturated carbocycles. The van der Waals surface area contributed by atoms with Crippen LogP contribution in [0.2, 0.25) is 10.0 Å². The lowest BCUT2D eigenvalue weighted by Gasteiger charge is -2.11. The Morgan fingerprint density at radius 3 is 2.59 bits per heavy atom. The molecule has 0 aliphatic heterocycles. The topological polar surface area (TPSA) is 48.3 Å². The van der Waals surface area contributed by atoms with Gasteiger partial charge in [-0.1, -0.05) is 29.3 Å². The quantitative estimate of drug-likeness (QED) is 0.332. The van der Waals surface area contributed by atoms with E-state index in [2.05, 4.69) is 0 Å². The molecule has 3 aromatic rings. The molecule has 3 rings (SSSR count). The second kappa shape index (κ2) is 7.71. The Morgan fingerprint density at radius 1 is 1.19 bits per heavy atom. The summed E-state index contributed by atoms with van der Waals surface area (Å²) in [6.45, 7) is 3.79. The highest BCUT2D eigenvalue weighted by atomic mass is 35.5. The zero-order valence-corrected chi connectivity index (χ0v) is 16.2. The number of esters is 1. The van der Waals surface area contributed by atoms with Crippen LogP contribution in [0.5, 0.6) is 0 Å². The molecule has 0 radical (unpaired) electrons. The average molecular weight is 408 g/mol. The molecular weight excluding hydrogens is 392 g/mol. The highest BCUT2D eigenvalue weighted by molar-refractivity contribution is 6.42. The summed E-state index contributed by atoms with van der Waals surface area (Å²) in [5.74, 6) is -2.50. The third-order valence-electron chi connectivity index (χ3n) is 4.20. The fraction of sp³-hybridized carbons (Fsp3) is 0.200. The number of carbonyl (C=O) groups is 2. The number of aromatic nitrogens is 1. The molecule has 1 aromatic heterocycles. The van der Waals surface area contributed by atoms with Crippen LogP contribution in [0.25, 0.3) is 10.9 Å². The van der Waals surface area contributed by atoms with Crippen molar-refractivity contribution in [3.63, 3.8) is 0 Å². The number of rotatable bonds is 5. The summed E-state index contributed by atoms with van der Waals surface area (Å²) in [6.07, 6.45) is 1.79. The first-order chi connectivity index (χ1) is 12.8. The summed E-state index contributed by atoms with van der Waals surface area (Å²) >= 11 is 12.2. The van der Waals surface area contributed by atoms with Crippen LogP contribution in [-0.2, 0) is 16.1 Å². The van der Waals surface area contributed by atoms with Gasteiger partial charge < -0.3 is 9.30 Å². The molecule has 0 spiro atoms. The molecule has 0 bridgehead atoms. The third kappa shape index (κ3) is 3.84. The highest BCUT2D eigenvalue weighted by Crippen LogP contribution is 2.29. The number of halogens is 3. The average Bonchev–Trinajstić information content (AvgIpc) is 2.92. The molecule has 0 amide bonds. The van der Waals surface area contributed by atoms with Gasteiger partial charge in [-0.05, 0) is 49.2 Å². The van der Waals surface area contributed by atoms with Crippen molar-refractivity contribution in [3.8, 4) is 0 Å². The first-order valence-corrected chi connectivity index (χ1v) is 9.01. The van der Waals surface area contributed by atoms with E-state index in [-0.39, 0.29) is 12.2 Å². The molecule has 140 valence electrons. The number of fused-ring (bicyclic) bond motifs is 1. The van der Waals surface area contributed by atoms with Gasteiger partial charge in [0.15, 0.2) is 0 Å². The standard InChI is InChI=1S/C20H16Cl2FNO3/c1-3-27-20(26)19(25)16-8-14(23)7-15-11(2)9-24(18(15)16)10-12-4-5-13(21)6-17(12)22/h4-9H,3,10H2,1-2H3. The number of nitrogens with zero attached hydrogens (tertiary/aromatic N) is 1. The molecule has 0 aliphatic rings. The van der Waals surface area contributed by atoms with Crippen molar-refractivity contribution in [2.24, 2.45) is 0 Å². The number of ketones is 1. The number of hydrogen-bond donors (Lipinski definition) is 0. The summed E-state index contributed by atoms with van der Waals surface area (Å²) < 4.78 is 20.6. The molecule has 1 heterocycles. The number of ether oxygens (including phenoxy) is 1. The van der Waals surface area contributed by atoms with Crippen LogP contribution in [0.3, 0.4) is 0 Å². The molecule has 2 aromatic carbocycles. The fourth-order valence-electron chi connectivity index (χ4n) is 3.01. The lowest BCUT2D eigenvalue weighted by Crippen LogP contribution is -2.19. The van der Waals surface area contributed by atoms with Gasteiger partial charge in [0, 0.05) is 28.2 Å². The van der Waals surface area contributed by atoms with E-state index in [9.17, 15) is 14.0 Å². The summed E-state index contributed by atoms with van der Waals surface area (Å²) in [5.41, 5.74) is 1.96. The van der Waals surface area contributed by atoms with Crippen LogP contribution in [0.4, 0.5) is 4.39 Å². The van der Waals surface area contributed by atoms with Crippen LogP contribution in [0.1, 0.15) is 28.4 Å². The van der Waals surface area contributed by atoms with Gasteiger partial charge in [-0.25, -0.2) is 9.18 Å². The maximum atomic E-state index is 14.1. The van der Waals surface area contributed by atoms with Crippen molar-refractivity contribution in [1.29, 1.82) is 0 Å². The molecule has 4 nitrogen and oxygen atoms in total. The Labute approximate surface area is 165 Å². The maximum absolute atomic E-state index is 14.1. The smallest absolute Gasteiger partial charge is 0.379 e. The SMILES string of the molecule is CCOC(=O)C(=O)c1cc(F)cc2c(C)cn(Cc3ccc(Cl)cc3Cl)c12. The minimum atomic E-state index is -1.01. The number of aryl methyl sites for hydroxylation is 1. The van der Waals surface area contributed by atoms with E-state index in [0.717, 1.165) is 17.2 Å². The fourth-order valence-corrected chi connectivity index (χ4v) is 3.48. The summed E-state index contributed by atoms with van der Waals surface area (Å²) in [5, 5.41) is 1.53. The first kappa shape index (κ1) is 19.4. The van der Waals surface area contributed by atoms with E-state index in [4.69, 9.17) is 27.9 Å². The van der Waals surface area contributed by atoms with Crippen molar-refractivity contribution in [3.05, 3.63) is 69.1 Å². The van der Waals surface area contributed by atoms with E-state index >= 15 is 0 Å². The Kier molecular flexibility index (Phi) is 5.53. The van der Waals surface area contributed by atoms with Crippen LogP contribution >= 0.6 is 23.2 Å². The summed E-state index contributed by atoms with van der Waals surface area (Å²) in [7, 11) is 0. The zero-order valence-electron chi connectivity index (χ0n) is 14.7. The van der Waals surface area contributed by atoms with Crippen molar-refractivity contribution in [2.45, 2.75) is 20.4 Å². The maximum Gasteiger partial charge on any atom is 0.379 e. The van der Waals surface area contributed by atoms with E-state index in [0.29, 0.717) is 27.5 Å². The van der Waals surface area contributed by atoms with Crippen molar-refractivity contribution < 1.29 is 18.7 Å². The lowest BCUT2D eigenvalue weighted by atomic mass is 10.1. The number of benzene rings is 2. The monoisotopic (exact) mass is 407 g/mol. The Morgan fingerprint density at radius 2 is 1.93 bits per heavy atom. The Bertz CT molecular complexity index is 1060. The first-order valence-electron chi connectivity index (χ1n) is 8.26. The Balaban J connectivity index is 2.16. The molecule has 0 saturated heterocycles. The van der Waals surface area contributed by atoms with Crippen LogP contribution in [0, 0.1) is 12.7 Å². The molecule has 27 heavy (non-hydrogen) atoms. The van der Waals surface area contributed by atoms with Gasteiger partial charge >= 0.3 is 5.97 Å². The second-order valence-electron chi connectivity index (χ2n) is 6.07. The van der Waals surface area contributed by atoms with Gasteiger partial charge in [0.2, 0.25) is 0 Å².